The Morgan fingerprint density at radius 3 is 2.68 bits per heavy atom. The molecule has 6 nitrogen and oxygen atoms in total. The van der Waals surface area contributed by atoms with Crippen molar-refractivity contribution in [3.8, 4) is 11.4 Å². The largest absolute Gasteiger partial charge is 0.464 e. The number of morpholine rings is 1. The third-order valence-electron chi connectivity index (χ3n) is 4.25. The Bertz CT molecular complexity index is 863. The summed E-state index contributed by atoms with van der Waals surface area (Å²) in [5, 5.41) is 0. The molecule has 1 atom stereocenters. The number of ether oxygens (including phenoxy) is 1. The van der Waals surface area contributed by atoms with Crippen LogP contribution in [-0.4, -0.2) is 34.6 Å². The van der Waals surface area contributed by atoms with Gasteiger partial charge in [-0.15, -0.1) is 0 Å². The Morgan fingerprint density at radius 1 is 1.08 bits per heavy atom. The summed E-state index contributed by atoms with van der Waals surface area (Å²) in [5.41, 5.74) is 1.90. The van der Waals surface area contributed by atoms with Crippen LogP contribution in [0.15, 0.2) is 47.1 Å². The number of nitrogens with zero attached hydrogens (tertiary/aromatic N) is 4. The fourth-order valence-corrected chi connectivity index (χ4v) is 3.00. The molecule has 25 heavy (non-hydrogen) atoms. The molecule has 6 heteroatoms. The van der Waals surface area contributed by atoms with Gasteiger partial charge in [0, 0.05) is 36.3 Å². The molecule has 0 saturated carbocycles. The minimum absolute atomic E-state index is 0.0814. The zero-order chi connectivity index (χ0) is 17.2. The van der Waals surface area contributed by atoms with Gasteiger partial charge in [-0.25, -0.2) is 9.97 Å². The lowest BCUT2D eigenvalue weighted by Gasteiger charge is -2.33. The van der Waals surface area contributed by atoms with Gasteiger partial charge in [0.05, 0.1) is 13.2 Å². The highest BCUT2D eigenvalue weighted by Crippen LogP contribution is 2.27. The Morgan fingerprint density at radius 2 is 1.92 bits per heavy atom. The van der Waals surface area contributed by atoms with Crippen molar-refractivity contribution < 1.29 is 9.15 Å². The monoisotopic (exact) mass is 336 g/mol. The Labute approximate surface area is 146 Å². The van der Waals surface area contributed by atoms with Gasteiger partial charge < -0.3 is 14.1 Å². The maximum atomic E-state index is 5.89. The van der Waals surface area contributed by atoms with Crippen molar-refractivity contribution in [2.24, 2.45) is 0 Å². The topological polar surface area (TPSA) is 64.3 Å². The summed E-state index contributed by atoms with van der Waals surface area (Å²) in [6.45, 7) is 6.07. The summed E-state index contributed by atoms with van der Waals surface area (Å²) in [4.78, 5) is 15.6. The lowest BCUT2D eigenvalue weighted by molar-refractivity contribution is 0.0250. The fraction of sp³-hybridized carbons (Fsp3) is 0.316. The predicted molar refractivity (Wildman–Crippen MR) is 94.4 cm³/mol. The van der Waals surface area contributed by atoms with Crippen LogP contribution in [0.25, 0.3) is 11.4 Å². The normalized spacial score (nSPS) is 17.7. The first-order valence-corrected chi connectivity index (χ1v) is 8.38. The molecule has 4 heterocycles. The van der Waals surface area contributed by atoms with E-state index in [1.807, 2.05) is 44.2 Å². The van der Waals surface area contributed by atoms with Crippen LogP contribution in [-0.2, 0) is 4.74 Å². The summed E-state index contributed by atoms with van der Waals surface area (Å²) < 4.78 is 11.6. The molecule has 1 aliphatic heterocycles. The van der Waals surface area contributed by atoms with Gasteiger partial charge in [0.25, 0.3) is 0 Å². The van der Waals surface area contributed by atoms with Crippen molar-refractivity contribution in [3.05, 3.63) is 59.9 Å². The number of hydrogen-bond donors (Lipinski definition) is 0. The first-order valence-electron chi connectivity index (χ1n) is 8.38. The molecular formula is C19H20N4O2. The molecule has 0 bridgehead atoms. The SMILES string of the molecule is Cc1cc(N2CCO[C@@H](c3ccc(C)o3)C2)nc(-c2ccncc2)n1. The van der Waals surface area contributed by atoms with Crippen LogP contribution >= 0.6 is 0 Å². The van der Waals surface area contributed by atoms with Crippen molar-refractivity contribution in [1.29, 1.82) is 0 Å². The highest BCUT2D eigenvalue weighted by atomic mass is 16.5. The van der Waals surface area contributed by atoms with E-state index >= 15 is 0 Å². The number of pyridine rings is 1. The van der Waals surface area contributed by atoms with Crippen LogP contribution in [0.5, 0.6) is 0 Å². The van der Waals surface area contributed by atoms with Gasteiger partial charge in [0.2, 0.25) is 0 Å². The molecule has 0 radical (unpaired) electrons. The van der Waals surface area contributed by atoms with E-state index in [4.69, 9.17) is 14.1 Å². The van der Waals surface area contributed by atoms with Crippen LogP contribution < -0.4 is 4.90 Å². The average Bonchev–Trinajstić information content (AvgIpc) is 3.08. The van der Waals surface area contributed by atoms with Crippen molar-refractivity contribution in [1.82, 2.24) is 15.0 Å². The van der Waals surface area contributed by atoms with Gasteiger partial charge in [-0.3, -0.25) is 4.98 Å². The Hall–Kier alpha value is -2.73. The van der Waals surface area contributed by atoms with E-state index in [2.05, 4.69) is 14.9 Å². The summed E-state index contributed by atoms with van der Waals surface area (Å²) in [7, 11) is 0. The first kappa shape index (κ1) is 15.8. The zero-order valence-electron chi connectivity index (χ0n) is 14.3. The summed E-state index contributed by atoms with van der Waals surface area (Å²) in [6.07, 6.45) is 3.43. The summed E-state index contributed by atoms with van der Waals surface area (Å²) >= 11 is 0. The smallest absolute Gasteiger partial charge is 0.161 e. The number of anilines is 1. The minimum atomic E-state index is -0.0814. The zero-order valence-corrected chi connectivity index (χ0v) is 14.3. The molecule has 0 N–H and O–H groups in total. The second kappa shape index (κ2) is 6.64. The molecule has 4 rings (SSSR count). The molecule has 128 valence electrons. The second-order valence-corrected chi connectivity index (χ2v) is 6.18. The van der Waals surface area contributed by atoms with E-state index in [1.54, 1.807) is 12.4 Å². The number of rotatable bonds is 3. The minimum Gasteiger partial charge on any atom is -0.464 e. The molecular weight excluding hydrogens is 316 g/mol. The molecule has 3 aromatic rings. The van der Waals surface area contributed by atoms with E-state index in [9.17, 15) is 0 Å². The summed E-state index contributed by atoms with van der Waals surface area (Å²) in [6, 6.07) is 9.81. The highest BCUT2D eigenvalue weighted by Gasteiger charge is 2.25. The number of aromatic nitrogens is 3. The van der Waals surface area contributed by atoms with Crippen molar-refractivity contribution in [3.63, 3.8) is 0 Å². The van der Waals surface area contributed by atoms with Crippen molar-refractivity contribution >= 4 is 5.82 Å². The van der Waals surface area contributed by atoms with Gasteiger partial charge in [-0.05, 0) is 38.1 Å². The van der Waals surface area contributed by atoms with Crippen molar-refractivity contribution in [2.45, 2.75) is 20.0 Å². The van der Waals surface area contributed by atoms with Gasteiger partial charge in [-0.2, -0.15) is 0 Å². The Balaban J connectivity index is 1.61. The van der Waals surface area contributed by atoms with E-state index in [0.717, 1.165) is 35.1 Å². The predicted octanol–water partition coefficient (Wildman–Crippen LogP) is 3.33. The molecule has 1 saturated heterocycles. The van der Waals surface area contributed by atoms with Crippen LogP contribution in [0.3, 0.4) is 0 Å². The van der Waals surface area contributed by atoms with Crippen LogP contribution in [0, 0.1) is 13.8 Å². The molecule has 1 fully saturated rings. The second-order valence-electron chi connectivity index (χ2n) is 6.18. The highest BCUT2D eigenvalue weighted by molar-refractivity contribution is 5.57. The molecule has 0 amide bonds. The van der Waals surface area contributed by atoms with Gasteiger partial charge in [0.15, 0.2) is 5.82 Å². The molecule has 3 aromatic heterocycles. The van der Waals surface area contributed by atoms with Gasteiger partial charge >= 0.3 is 0 Å². The maximum absolute atomic E-state index is 5.89. The molecule has 0 unspecified atom stereocenters. The lowest BCUT2D eigenvalue weighted by Crippen LogP contribution is -2.38. The van der Waals surface area contributed by atoms with E-state index in [1.165, 1.54) is 0 Å². The first-order chi connectivity index (χ1) is 12.2. The van der Waals surface area contributed by atoms with Gasteiger partial charge in [-0.1, -0.05) is 0 Å². The third kappa shape index (κ3) is 3.39. The maximum Gasteiger partial charge on any atom is 0.161 e. The molecule has 0 aliphatic carbocycles. The van der Waals surface area contributed by atoms with Gasteiger partial charge in [0.1, 0.15) is 23.4 Å². The number of furan rings is 1. The van der Waals surface area contributed by atoms with E-state index in [0.29, 0.717) is 19.0 Å². The molecule has 0 aromatic carbocycles. The van der Waals surface area contributed by atoms with E-state index in [-0.39, 0.29) is 6.10 Å². The third-order valence-corrected chi connectivity index (χ3v) is 4.25. The van der Waals surface area contributed by atoms with Crippen LogP contribution in [0.2, 0.25) is 0 Å². The summed E-state index contributed by atoms with van der Waals surface area (Å²) in [5.74, 6) is 3.39. The quantitative estimate of drug-likeness (QED) is 0.731. The van der Waals surface area contributed by atoms with E-state index < -0.39 is 0 Å². The standard InChI is InChI=1S/C19H20N4O2/c1-13-11-18(22-19(21-13)15-5-7-20-8-6-15)23-9-10-24-17(12-23)16-4-3-14(2)25-16/h3-8,11,17H,9-10,12H2,1-2H3/t17-/m1/s1. The average molecular weight is 336 g/mol. The van der Waals surface area contributed by atoms with Crippen LogP contribution in [0.1, 0.15) is 23.3 Å². The molecule has 0 spiro atoms. The van der Waals surface area contributed by atoms with Crippen LogP contribution in [0.4, 0.5) is 5.82 Å². The van der Waals surface area contributed by atoms with Crippen molar-refractivity contribution in [2.75, 3.05) is 24.6 Å². The Kier molecular flexibility index (Phi) is 4.19. The fourth-order valence-electron chi connectivity index (χ4n) is 3.00. The molecule has 1 aliphatic rings. The lowest BCUT2D eigenvalue weighted by atomic mass is 10.2. The number of aryl methyl sites for hydroxylation is 2. The number of hydrogen-bond acceptors (Lipinski definition) is 6.